The van der Waals surface area contributed by atoms with Gasteiger partial charge in [0, 0.05) is 41.2 Å². The van der Waals surface area contributed by atoms with Crippen LogP contribution in [0.25, 0.3) is 0 Å². The molecule has 2 N–H and O–H groups in total. The number of fused-ring (bicyclic) bond motifs is 1. The lowest BCUT2D eigenvalue weighted by Gasteiger charge is -2.54. The number of rotatable bonds is 6. The zero-order valence-electron chi connectivity index (χ0n) is 15.2. The largest absolute Gasteiger partial charge is 0.377 e. The van der Waals surface area contributed by atoms with Crippen molar-refractivity contribution in [1.82, 2.24) is 10.6 Å². The number of nitrogens with one attached hydrogen (secondary N) is 2. The van der Waals surface area contributed by atoms with Crippen molar-refractivity contribution in [2.75, 3.05) is 25.4 Å². The highest BCUT2D eigenvalue weighted by Crippen LogP contribution is 2.52. The third-order valence-corrected chi connectivity index (χ3v) is 6.22. The average Bonchev–Trinajstić information content (AvgIpc) is 3.05. The topological polar surface area (TPSA) is 45.7 Å². The lowest BCUT2D eigenvalue weighted by Crippen LogP contribution is -2.68. The first kappa shape index (κ1) is 18.5. The van der Waals surface area contributed by atoms with Gasteiger partial charge in [-0.15, -0.1) is 11.8 Å². The van der Waals surface area contributed by atoms with Crippen LogP contribution >= 0.6 is 11.8 Å². The second-order valence-electron chi connectivity index (χ2n) is 7.23. The van der Waals surface area contributed by atoms with Crippen LogP contribution in [0, 0.1) is 17.2 Å². The molecule has 6 heteroatoms. The molecule has 3 unspecified atom stereocenters. The van der Waals surface area contributed by atoms with E-state index in [-0.39, 0.29) is 11.2 Å². The molecule has 1 aliphatic heterocycles. The van der Waals surface area contributed by atoms with Gasteiger partial charge in [0.25, 0.3) is 0 Å². The highest BCUT2D eigenvalue weighted by atomic mass is 32.2. The molecule has 1 aliphatic carbocycles. The van der Waals surface area contributed by atoms with Crippen molar-refractivity contribution in [1.29, 1.82) is 0 Å². The summed E-state index contributed by atoms with van der Waals surface area (Å²) < 4.78 is 19.5. The Morgan fingerprint density at radius 3 is 2.96 bits per heavy atom. The number of halogens is 1. The summed E-state index contributed by atoms with van der Waals surface area (Å²) in [5, 5.41) is 6.93. The summed E-state index contributed by atoms with van der Waals surface area (Å²) in [6.45, 7) is 8.92. The van der Waals surface area contributed by atoms with Crippen LogP contribution in [0.2, 0.25) is 0 Å². The molecule has 0 aromatic heterocycles. The van der Waals surface area contributed by atoms with Gasteiger partial charge in [-0.1, -0.05) is 26.0 Å². The highest BCUT2D eigenvalue weighted by molar-refractivity contribution is 7.99. The Morgan fingerprint density at radius 2 is 2.20 bits per heavy atom. The van der Waals surface area contributed by atoms with Gasteiger partial charge in [0.15, 0.2) is 5.96 Å². The van der Waals surface area contributed by atoms with Gasteiger partial charge in [0.05, 0.1) is 12.6 Å². The highest BCUT2D eigenvalue weighted by Gasteiger charge is 2.59. The fourth-order valence-electron chi connectivity index (χ4n) is 3.96. The number of hydrogen-bond acceptors (Lipinski definition) is 3. The van der Waals surface area contributed by atoms with Gasteiger partial charge in [-0.05, 0) is 25.5 Å². The summed E-state index contributed by atoms with van der Waals surface area (Å²) in [6, 6.07) is 7.27. The van der Waals surface area contributed by atoms with E-state index in [1.807, 2.05) is 12.1 Å². The Balaban J connectivity index is 1.54. The maximum absolute atomic E-state index is 13.6. The molecule has 25 heavy (non-hydrogen) atoms. The number of thioether (sulfide) groups is 1. The first-order valence-electron chi connectivity index (χ1n) is 9.07. The molecule has 4 nitrogen and oxygen atoms in total. The lowest BCUT2D eigenvalue weighted by molar-refractivity contribution is -0.106. The summed E-state index contributed by atoms with van der Waals surface area (Å²) >= 11 is 1.50. The Hall–Kier alpha value is -1.27. The number of aliphatic imine (C=N–C) groups is 1. The Kier molecular flexibility index (Phi) is 5.89. The second kappa shape index (κ2) is 7.96. The molecule has 2 aliphatic rings. The number of benzene rings is 1. The maximum atomic E-state index is 13.6. The summed E-state index contributed by atoms with van der Waals surface area (Å²) in [7, 11) is 0. The van der Waals surface area contributed by atoms with Crippen LogP contribution in [0.4, 0.5) is 4.39 Å². The molecule has 2 fully saturated rings. The summed E-state index contributed by atoms with van der Waals surface area (Å²) in [6.07, 6.45) is 1.48. The van der Waals surface area contributed by atoms with Gasteiger partial charge in [0.1, 0.15) is 5.82 Å². The van der Waals surface area contributed by atoms with E-state index in [1.165, 1.54) is 17.8 Å². The zero-order valence-corrected chi connectivity index (χ0v) is 16.0. The van der Waals surface area contributed by atoms with Crippen molar-refractivity contribution in [3.05, 3.63) is 30.1 Å². The summed E-state index contributed by atoms with van der Waals surface area (Å²) in [4.78, 5) is 5.35. The van der Waals surface area contributed by atoms with E-state index in [0.717, 1.165) is 31.3 Å². The van der Waals surface area contributed by atoms with E-state index in [4.69, 9.17) is 4.74 Å². The van der Waals surface area contributed by atoms with Crippen molar-refractivity contribution < 1.29 is 9.13 Å². The molecule has 138 valence electrons. The molecular formula is C19H28FN3OS. The minimum absolute atomic E-state index is 0.124. The predicted molar refractivity (Wildman–Crippen MR) is 102 cm³/mol. The second-order valence-corrected chi connectivity index (χ2v) is 8.36. The van der Waals surface area contributed by atoms with Gasteiger partial charge >= 0.3 is 0 Å². The molecule has 1 aromatic carbocycles. The van der Waals surface area contributed by atoms with Crippen molar-refractivity contribution in [2.24, 2.45) is 16.3 Å². The Bertz CT molecular complexity index is 622. The van der Waals surface area contributed by atoms with Crippen LogP contribution in [0.15, 0.2) is 34.2 Å². The predicted octanol–water partition coefficient (Wildman–Crippen LogP) is 3.29. The number of nitrogens with zero attached hydrogens (tertiary/aromatic N) is 1. The maximum Gasteiger partial charge on any atom is 0.191 e. The quantitative estimate of drug-likeness (QED) is 0.351. The van der Waals surface area contributed by atoms with Crippen molar-refractivity contribution in [3.63, 3.8) is 0 Å². The van der Waals surface area contributed by atoms with Gasteiger partial charge in [0.2, 0.25) is 0 Å². The van der Waals surface area contributed by atoms with E-state index in [1.54, 1.807) is 6.07 Å². The zero-order chi connectivity index (χ0) is 17.9. The lowest BCUT2D eigenvalue weighted by atomic mass is 9.57. The molecule has 1 aromatic rings. The minimum Gasteiger partial charge on any atom is -0.377 e. The van der Waals surface area contributed by atoms with Crippen LogP contribution in [0.5, 0.6) is 0 Å². The van der Waals surface area contributed by atoms with Gasteiger partial charge in [-0.2, -0.15) is 0 Å². The third-order valence-electron chi connectivity index (χ3n) is 5.19. The minimum atomic E-state index is -0.162. The standard InChI is InChI=1S/C19H28FN3OS/c1-4-21-18(22-10-12-25-15-8-6-5-7-14(15)20)23-16-13-9-11-24-17(13)19(16,2)3/h5-8,13,16-17H,4,9-12H2,1-3H3,(H2,21,22,23). The van der Waals surface area contributed by atoms with Crippen LogP contribution in [0.1, 0.15) is 27.2 Å². The van der Waals surface area contributed by atoms with E-state index < -0.39 is 0 Å². The molecule has 1 saturated carbocycles. The van der Waals surface area contributed by atoms with Gasteiger partial charge < -0.3 is 15.4 Å². The molecule has 0 bridgehead atoms. The van der Waals surface area contributed by atoms with E-state index >= 15 is 0 Å². The third kappa shape index (κ3) is 3.95. The first-order chi connectivity index (χ1) is 12.0. The number of hydrogen-bond donors (Lipinski definition) is 2. The summed E-state index contributed by atoms with van der Waals surface area (Å²) in [5.41, 5.74) is 0.124. The average molecular weight is 366 g/mol. The molecule has 0 radical (unpaired) electrons. The normalized spacial score (nSPS) is 27.5. The molecule has 0 amide bonds. The van der Waals surface area contributed by atoms with Crippen LogP contribution < -0.4 is 10.6 Å². The van der Waals surface area contributed by atoms with E-state index in [9.17, 15) is 4.39 Å². The molecule has 0 spiro atoms. The van der Waals surface area contributed by atoms with Crippen LogP contribution in [-0.4, -0.2) is 43.6 Å². The van der Waals surface area contributed by atoms with Crippen molar-refractivity contribution in [3.8, 4) is 0 Å². The SMILES string of the molecule is CCNC(=NCCSc1ccccc1F)NC1C2CCOC2C1(C)C. The van der Waals surface area contributed by atoms with Gasteiger partial charge in [-0.3, -0.25) is 4.99 Å². The fourth-order valence-corrected chi connectivity index (χ4v) is 4.74. The number of guanidine groups is 1. The van der Waals surface area contributed by atoms with Crippen LogP contribution in [-0.2, 0) is 4.74 Å². The van der Waals surface area contributed by atoms with Crippen molar-refractivity contribution in [2.45, 2.75) is 44.2 Å². The molecule has 3 atom stereocenters. The molecule has 1 heterocycles. The smallest absolute Gasteiger partial charge is 0.191 e. The van der Waals surface area contributed by atoms with E-state index in [2.05, 4.69) is 36.4 Å². The first-order valence-corrected chi connectivity index (χ1v) is 10.1. The Morgan fingerprint density at radius 1 is 1.40 bits per heavy atom. The number of ether oxygens (including phenoxy) is 1. The van der Waals surface area contributed by atoms with Crippen molar-refractivity contribution >= 4 is 17.7 Å². The molecular weight excluding hydrogens is 337 g/mol. The summed E-state index contributed by atoms with van der Waals surface area (Å²) in [5.74, 6) is 2.01. The molecule has 3 rings (SSSR count). The van der Waals surface area contributed by atoms with Gasteiger partial charge in [-0.25, -0.2) is 4.39 Å². The van der Waals surface area contributed by atoms with E-state index in [0.29, 0.717) is 29.5 Å². The monoisotopic (exact) mass is 365 g/mol. The molecule has 1 saturated heterocycles. The Labute approximate surface area is 154 Å². The van der Waals surface area contributed by atoms with Crippen LogP contribution in [0.3, 0.4) is 0 Å². The fraction of sp³-hybridized carbons (Fsp3) is 0.632.